The predicted octanol–water partition coefficient (Wildman–Crippen LogP) is 2.33. The van der Waals surface area contributed by atoms with Gasteiger partial charge in [0.25, 0.3) is 5.91 Å². The SMILES string of the molecule is O=C(NCCNC(=O)[C@@H]1CCCN(C2CCCC2)C1)c1ccc(F)cc1. The fourth-order valence-electron chi connectivity index (χ4n) is 4.03. The molecule has 1 saturated carbocycles. The minimum Gasteiger partial charge on any atom is -0.354 e. The van der Waals surface area contributed by atoms with E-state index in [-0.39, 0.29) is 23.5 Å². The summed E-state index contributed by atoms with van der Waals surface area (Å²) in [6.45, 7) is 2.74. The molecule has 1 atom stereocenters. The second-order valence-corrected chi connectivity index (χ2v) is 7.33. The summed E-state index contributed by atoms with van der Waals surface area (Å²) in [4.78, 5) is 26.9. The lowest BCUT2D eigenvalue weighted by molar-refractivity contribution is -0.127. The summed E-state index contributed by atoms with van der Waals surface area (Å²) >= 11 is 0. The fraction of sp³-hybridized carbons (Fsp3) is 0.600. The van der Waals surface area contributed by atoms with Crippen LogP contribution in [-0.4, -0.2) is 48.9 Å². The first kappa shape index (κ1) is 18.8. The van der Waals surface area contributed by atoms with Gasteiger partial charge in [-0.05, 0) is 56.5 Å². The van der Waals surface area contributed by atoms with Gasteiger partial charge >= 0.3 is 0 Å². The number of piperidine rings is 1. The predicted molar refractivity (Wildman–Crippen MR) is 98.3 cm³/mol. The van der Waals surface area contributed by atoms with Crippen LogP contribution >= 0.6 is 0 Å². The molecule has 5 nitrogen and oxygen atoms in total. The molecule has 1 aromatic rings. The molecule has 2 amide bonds. The van der Waals surface area contributed by atoms with Crippen LogP contribution in [0.25, 0.3) is 0 Å². The first-order valence-electron chi connectivity index (χ1n) is 9.69. The van der Waals surface area contributed by atoms with Crippen molar-refractivity contribution >= 4 is 11.8 Å². The number of nitrogens with zero attached hydrogens (tertiary/aromatic N) is 1. The Labute approximate surface area is 154 Å². The van der Waals surface area contributed by atoms with Gasteiger partial charge in [-0.1, -0.05) is 12.8 Å². The van der Waals surface area contributed by atoms with Crippen LogP contribution in [-0.2, 0) is 4.79 Å². The van der Waals surface area contributed by atoms with Gasteiger partial charge in [-0.3, -0.25) is 14.5 Å². The second-order valence-electron chi connectivity index (χ2n) is 7.33. The van der Waals surface area contributed by atoms with Gasteiger partial charge in [-0.25, -0.2) is 4.39 Å². The molecular formula is C20H28FN3O2. The summed E-state index contributed by atoms with van der Waals surface area (Å²) < 4.78 is 12.9. The number of carbonyl (C=O) groups excluding carboxylic acids is 2. The smallest absolute Gasteiger partial charge is 0.251 e. The highest BCUT2D eigenvalue weighted by Gasteiger charge is 2.30. The van der Waals surface area contributed by atoms with Crippen molar-refractivity contribution in [2.75, 3.05) is 26.2 Å². The van der Waals surface area contributed by atoms with E-state index in [1.54, 1.807) is 0 Å². The highest BCUT2D eigenvalue weighted by Crippen LogP contribution is 2.27. The normalized spacial score (nSPS) is 21.5. The van der Waals surface area contributed by atoms with E-state index in [1.807, 2.05) is 0 Å². The molecule has 6 heteroatoms. The van der Waals surface area contributed by atoms with Gasteiger partial charge in [0.05, 0.1) is 5.92 Å². The van der Waals surface area contributed by atoms with Crippen LogP contribution in [0.15, 0.2) is 24.3 Å². The van der Waals surface area contributed by atoms with Gasteiger partial charge in [0, 0.05) is 31.2 Å². The maximum atomic E-state index is 12.9. The Morgan fingerprint density at radius 3 is 2.42 bits per heavy atom. The number of hydrogen-bond acceptors (Lipinski definition) is 3. The average molecular weight is 361 g/mol. The number of nitrogens with one attached hydrogen (secondary N) is 2. The molecule has 0 unspecified atom stereocenters. The van der Waals surface area contributed by atoms with Crippen molar-refractivity contribution in [3.05, 3.63) is 35.6 Å². The maximum absolute atomic E-state index is 12.9. The van der Waals surface area contributed by atoms with Crippen LogP contribution in [0.3, 0.4) is 0 Å². The molecule has 26 heavy (non-hydrogen) atoms. The number of hydrogen-bond donors (Lipinski definition) is 2. The lowest BCUT2D eigenvalue weighted by atomic mass is 9.95. The standard InChI is InChI=1S/C20H28FN3O2/c21-17-9-7-15(8-10-17)19(25)22-11-12-23-20(26)16-4-3-13-24(14-16)18-5-1-2-6-18/h7-10,16,18H,1-6,11-14H2,(H,22,25)(H,23,26)/t16-/m1/s1. The largest absolute Gasteiger partial charge is 0.354 e. The molecule has 3 rings (SSSR count). The summed E-state index contributed by atoms with van der Waals surface area (Å²) in [7, 11) is 0. The second kappa shape index (κ2) is 9.12. The van der Waals surface area contributed by atoms with Crippen LogP contribution in [0.4, 0.5) is 4.39 Å². The molecule has 0 spiro atoms. The molecule has 0 radical (unpaired) electrons. The first-order chi connectivity index (χ1) is 12.6. The Bertz CT molecular complexity index is 614. The number of halogens is 1. The number of amides is 2. The van der Waals surface area contributed by atoms with Crippen molar-refractivity contribution < 1.29 is 14.0 Å². The van der Waals surface area contributed by atoms with Gasteiger partial charge in [0.1, 0.15) is 5.82 Å². The van der Waals surface area contributed by atoms with E-state index in [9.17, 15) is 14.0 Å². The van der Waals surface area contributed by atoms with Crippen molar-refractivity contribution in [2.24, 2.45) is 5.92 Å². The zero-order valence-electron chi connectivity index (χ0n) is 15.2. The molecule has 1 aliphatic carbocycles. The first-order valence-corrected chi connectivity index (χ1v) is 9.69. The number of benzene rings is 1. The van der Waals surface area contributed by atoms with Gasteiger partial charge in [0.2, 0.25) is 5.91 Å². The van der Waals surface area contributed by atoms with Crippen LogP contribution in [0, 0.1) is 11.7 Å². The van der Waals surface area contributed by atoms with E-state index in [1.165, 1.54) is 49.9 Å². The molecule has 1 saturated heterocycles. The van der Waals surface area contributed by atoms with Gasteiger partial charge < -0.3 is 10.6 Å². The summed E-state index contributed by atoms with van der Waals surface area (Å²) in [5.74, 6) is -0.488. The highest BCUT2D eigenvalue weighted by molar-refractivity contribution is 5.94. The zero-order chi connectivity index (χ0) is 18.4. The van der Waals surface area contributed by atoms with Crippen molar-refractivity contribution in [1.29, 1.82) is 0 Å². The van der Waals surface area contributed by atoms with Crippen molar-refractivity contribution in [3.63, 3.8) is 0 Å². The van der Waals surface area contributed by atoms with E-state index in [2.05, 4.69) is 15.5 Å². The lowest BCUT2D eigenvalue weighted by Gasteiger charge is -2.36. The van der Waals surface area contributed by atoms with Crippen LogP contribution in [0.2, 0.25) is 0 Å². The zero-order valence-corrected chi connectivity index (χ0v) is 15.2. The molecule has 1 aliphatic heterocycles. The van der Waals surface area contributed by atoms with Crippen molar-refractivity contribution in [1.82, 2.24) is 15.5 Å². The van der Waals surface area contributed by atoms with E-state index in [0.717, 1.165) is 25.9 Å². The van der Waals surface area contributed by atoms with Crippen LogP contribution < -0.4 is 10.6 Å². The highest BCUT2D eigenvalue weighted by atomic mass is 19.1. The van der Waals surface area contributed by atoms with E-state index in [4.69, 9.17) is 0 Å². The lowest BCUT2D eigenvalue weighted by Crippen LogP contribution is -2.47. The van der Waals surface area contributed by atoms with Crippen molar-refractivity contribution in [2.45, 2.75) is 44.6 Å². The number of rotatable bonds is 6. The maximum Gasteiger partial charge on any atom is 0.251 e. The molecular weight excluding hydrogens is 333 g/mol. The molecule has 2 aliphatic rings. The summed E-state index contributed by atoms with van der Waals surface area (Å²) in [5, 5.41) is 5.68. The van der Waals surface area contributed by atoms with Crippen molar-refractivity contribution in [3.8, 4) is 0 Å². The quantitative estimate of drug-likeness (QED) is 0.765. The minimum atomic E-state index is -0.368. The number of carbonyl (C=O) groups is 2. The average Bonchev–Trinajstić information content (AvgIpc) is 3.20. The van der Waals surface area contributed by atoms with E-state index >= 15 is 0 Å². The Kier molecular flexibility index (Phi) is 6.61. The Hall–Kier alpha value is -1.95. The third-order valence-electron chi connectivity index (χ3n) is 5.48. The third-order valence-corrected chi connectivity index (χ3v) is 5.48. The van der Waals surface area contributed by atoms with E-state index in [0.29, 0.717) is 24.7 Å². The number of likely N-dealkylation sites (tertiary alicyclic amines) is 1. The molecule has 2 N–H and O–H groups in total. The third kappa shape index (κ3) is 5.04. The van der Waals surface area contributed by atoms with E-state index < -0.39 is 0 Å². The topological polar surface area (TPSA) is 61.4 Å². The van der Waals surface area contributed by atoms with Gasteiger partial charge in [-0.15, -0.1) is 0 Å². The Balaban J connectivity index is 1.37. The Morgan fingerprint density at radius 1 is 1.00 bits per heavy atom. The Morgan fingerprint density at radius 2 is 1.69 bits per heavy atom. The summed E-state index contributed by atoms with van der Waals surface area (Å²) in [6.07, 6.45) is 7.18. The summed E-state index contributed by atoms with van der Waals surface area (Å²) in [6, 6.07) is 6.08. The monoisotopic (exact) mass is 361 g/mol. The minimum absolute atomic E-state index is 0.0529. The molecule has 1 aromatic carbocycles. The van der Waals surface area contributed by atoms with Crippen LogP contribution in [0.1, 0.15) is 48.9 Å². The molecule has 0 aromatic heterocycles. The van der Waals surface area contributed by atoms with Gasteiger partial charge in [0.15, 0.2) is 0 Å². The molecule has 2 fully saturated rings. The van der Waals surface area contributed by atoms with Crippen LogP contribution in [0.5, 0.6) is 0 Å². The molecule has 142 valence electrons. The summed E-state index contributed by atoms with van der Waals surface area (Å²) in [5.41, 5.74) is 0.414. The van der Waals surface area contributed by atoms with Gasteiger partial charge in [-0.2, -0.15) is 0 Å². The molecule has 0 bridgehead atoms. The molecule has 1 heterocycles. The fourth-order valence-corrected chi connectivity index (χ4v) is 4.03.